The van der Waals surface area contributed by atoms with Crippen molar-refractivity contribution in [3.8, 4) is 0 Å². The van der Waals surface area contributed by atoms with Gasteiger partial charge in [0.2, 0.25) is 0 Å². The van der Waals surface area contributed by atoms with Crippen LogP contribution in [0.2, 0.25) is 0 Å². The summed E-state index contributed by atoms with van der Waals surface area (Å²) in [5.41, 5.74) is 3.57. The Bertz CT molecular complexity index is 1150. The lowest BCUT2D eigenvalue weighted by Gasteiger charge is -2.34. The van der Waals surface area contributed by atoms with Gasteiger partial charge in [0, 0.05) is 19.1 Å². The molecule has 1 aliphatic heterocycles. The molecule has 0 spiro atoms. The summed E-state index contributed by atoms with van der Waals surface area (Å²) in [6, 6.07) is 8.54. The molecule has 2 atom stereocenters. The molecule has 0 bridgehead atoms. The molecule has 0 radical (unpaired) electrons. The third kappa shape index (κ3) is 3.40. The average Bonchev–Trinajstić information content (AvgIpc) is 3.39. The van der Waals surface area contributed by atoms with Crippen molar-refractivity contribution < 1.29 is 5.11 Å². The number of para-hydroxylation sites is 2. The molecule has 0 amide bonds. The third-order valence-electron chi connectivity index (χ3n) is 5.84. The molecule has 156 valence electrons. The Hall–Kier alpha value is -3.04. The van der Waals surface area contributed by atoms with E-state index in [4.69, 9.17) is 4.98 Å². The molecule has 9 heteroatoms. The number of hydrogen-bond donors (Lipinski definition) is 3. The van der Waals surface area contributed by atoms with Crippen molar-refractivity contribution in [3.63, 3.8) is 0 Å². The normalized spacial score (nSPS) is 18.8. The Kier molecular flexibility index (Phi) is 5.06. The number of nitrogens with zero attached hydrogens (tertiary/aromatic N) is 6. The molecule has 4 heterocycles. The molecular weight excluding hydrogens is 380 g/mol. The number of β-amino-alcohol motifs (C(OH)–C–C–N with tert-alkyl or cyclic N) is 1. The van der Waals surface area contributed by atoms with E-state index in [1.54, 1.807) is 6.33 Å². The number of rotatable bonds is 6. The van der Waals surface area contributed by atoms with Gasteiger partial charge in [-0.1, -0.05) is 12.1 Å². The first-order valence-corrected chi connectivity index (χ1v) is 10.5. The molecule has 1 aromatic carbocycles. The van der Waals surface area contributed by atoms with Crippen molar-refractivity contribution in [2.75, 3.05) is 31.6 Å². The van der Waals surface area contributed by atoms with Crippen molar-refractivity contribution in [2.45, 2.75) is 31.8 Å². The number of aromatic nitrogens is 6. The molecule has 3 N–H and O–H groups in total. The van der Waals surface area contributed by atoms with Gasteiger partial charge < -0.3 is 20.0 Å². The quantitative estimate of drug-likeness (QED) is 0.451. The Labute approximate surface area is 174 Å². The second kappa shape index (κ2) is 8.00. The van der Waals surface area contributed by atoms with Gasteiger partial charge in [0.1, 0.15) is 17.7 Å². The number of aliphatic hydroxyl groups excluding tert-OH is 1. The molecule has 30 heavy (non-hydrogen) atoms. The molecule has 1 aliphatic rings. The summed E-state index contributed by atoms with van der Waals surface area (Å²) in [5.74, 6) is 1.67. The molecule has 3 aromatic heterocycles. The van der Waals surface area contributed by atoms with Crippen molar-refractivity contribution in [3.05, 3.63) is 42.7 Å². The molecule has 1 fully saturated rings. The fourth-order valence-corrected chi connectivity index (χ4v) is 4.48. The highest BCUT2D eigenvalue weighted by atomic mass is 16.3. The van der Waals surface area contributed by atoms with E-state index in [2.05, 4.69) is 59.8 Å². The Balaban J connectivity index is 1.52. The van der Waals surface area contributed by atoms with Crippen LogP contribution in [0, 0.1) is 0 Å². The van der Waals surface area contributed by atoms with Crippen LogP contribution in [-0.2, 0) is 0 Å². The maximum atomic E-state index is 9.39. The van der Waals surface area contributed by atoms with Gasteiger partial charge in [0.15, 0.2) is 11.5 Å². The number of H-pyrrole nitrogens is 1. The zero-order valence-corrected chi connectivity index (χ0v) is 17.0. The number of nitrogens with one attached hydrogen (secondary N) is 2. The molecule has 1 unspecified atom stereocenters. The van der Waals surface area contributed by atoms with Crippen molar-refractivity contribution in [1.82, 2.24) is 34.4 Å². The predicted octanol–water partition coefficient (Wildman–Crippen LogP) is 2.50. The SMILES string of the molecule is C[C@H](Nc1ncnc2[nH]cnc12)c1nc2ccccc2n1C1CCCN(CCO)C1. The molecule has 0 saturated carbocycles. The number of imidazole rings is 2. The van der Waals surface area contributed by atoms with Crippen LogP contribution in [0.3, 0.4) is 0 Å². The van der Waals surface area contributed by atoms with Gasteiger partial charge in [-0.05, 0) is 38.4 Å². The smallest absolute Gasteiger partial charge is 0.162 e. The topological polar surface area (TPSA) is 108 Å². The number of hydrogen-bond acceptors (Lipinski definition) is 7. The fourth-order valence-electron chi connectivity index (χ4n) is 4.48. The van der Waals surface area contributed by atoms with Crippen molar-refractivity contribution >= 4 is 28.0 Å². The molecular formula is C21H26N8O. The standard InChI is InChI=1S/C21H26N8O/c1-14(26-20-18-19(23-12-22-18)24-13-25-20)21-27-16-6-2-3-7-17(16)29(21)15-5-4-8-28(11-15)9-10-30/h2-3,6-7,12-15,30H,4-5,8-11H2,1H3,(H2,22,23,24,25,26)/t14-,15?/m0/s1. The highest BCUT2D eigenvalue weighted by Gasteiger charge is 2.27. The number of aliphatic hydroxyl groups is 1. The fraction of sp³-hybridized carbons (Fsp3) is 0.429. The van der Waals surface area contributed by atoms with Crippen LogP contribution in [0.15, 0.2) is 36.9 Å². The molecule has 5 rings (SSSR count). The number of fused-ring (bicyclic) bond motifs is 2. The number of aromatic amines is 1. The second-order valence-corrected chi connectivity index (χ2v) is 7.84. The third-order valence-corrected chi connectivity index (χ3v) is 5.84. The summed E-state index contributed by atoms with van der Waals surface area (Å²) < 4.78 is 2.37. The minimum absolute atomic E-state index is 0.0691. The first kappa shape index (κ1) is 19.0. The van der Waals surface area contributed by atoms with Gasteiger partial charge in [0.05, 0.1) is 30.0 Å². The molecule has 1 saturated heterocycles. The van der Waals surface area contributed by atoms with E-state index >= 15 is 0 Å². The zero-order chi connectivity index (χ0) is 20.5. The highest BCUT2D eigenvalue weighted by molar-refractivity contribution is 5.82. The maximum Gasteiger partial charge on any atom is 0.162 e. The first-order chi connectivity index (χ1) is 14.7. The van der Waals surface area contributed by atoms with E-state index in [0.717, 1.165) is 48.3 Å². The first-order valence-electron chi connectivity index (χ1n) is 10.5. The van der Waals surface area contributed by atoms with E-state index in [1.165, 1.54) is 6.33 Å². The number of likely N-dealkylation sites (tertiary alicyclic amines) is 1. The van der Waals surface area contributed by atoms with E-state index in [0.29, 0.717) is 24.1 Å². The lowest BCUT2D eigenvalue weighted by molar-refractivity contribution is 0.142. The molecule has 0 aliphatic carbocycles. The zero-order valence-electron chi connectivity index (χ0n) is 17.0. The van der Waals surface area contributed by atoms with Gasteiger partial charge >= 0.3 is 0 Å². The summed E-state index contributed by atoms with van der Waals surface area (Å²) in [7, 11) is 0. The van der Waals surface area contributed by atoms with Crippen LogP contribution in [0.1, 0.15) is 37.7 Å². The van der Waals surface area contributed by atoms with Crippen LogP contribution in [-0.4, -0.2) is 65.7 Å². The number of benzene rings is 1. The minimum Gasteiger partial charge on any atom is -0.395 e. The van der Waals surface area contributed by atoms with E-state index in [-0.39, 0.29) is 12.6 Å². The van der Waals surface area contributed by atoms with Gasteiger partial charge in [0.25, 0.3) is 0 Å². The minimum atomic E-state index is -0.0691. The summed E-state index contributed by atoms with van der Waals surface area (Å²) in [5, 5.41) is 12.9. The second-order valence-electron chi connectivity index (χ2n) is 7.84. The summed E-state index contributed by atoms with van der Waals surface area (Å²) >= 11 is 0. The maximum absolute atomic E-state index is 9.39. The van der Waals surface area contributed by atoms with Crippen LogP contribution in [0.5, 0.6) is 0 Å². The van der Waals surface area contributed by atoms with Crippen LogP contribution in [0.25, 0.3) is 22.2 Å². The van der Waals surface area contributed by atoms with E-state index < -0.39 is 0 Å². The lowest BCUT2D eigenvalue weighted by Crippen LogP contribution is -2.38. The highest BCUT2D eigenvalue weighted by Crippen LogP contribution is 2.31. The Morgan fingerprint density at radius 2 is 2.17 bits per heavy atom. The average molecular weight is 406 g/mol. The summed E-state index contributed by atoms with van der Waals surface area (Å²) in [4.78, 5) is 23.3. The summed E-state index contributed by atoms with van der Waals surface area (Å²) in [6.07, 6.45) is 5.37. The van der Waals surface area contributed by atoms with Crippen molar-refractivity contribution in [2.24, 2.45) is 0 Å². The van der Waals surface area contributed by atoms with Crippen LogP contribution >= 0.6 is 0 Å². The van der Waals surface area contributed by atoms with Crippen LogP contribution < -0.4 is 5.32 Å². The summed E-state index contributed by atoms with van der Waals surface area (Å²) in [6.45, 7) is 4.95. The Morgan fingerprint density at radius 1 is 1.27 bits per heavy atom. The molecule has 9 nitrogen and oxygen atoms in total. The lowest BCUT2D eigenvalue weighted by atomic mass is 10.0. The predicted molar refractivity (Wildman–Crippen MR) is 115 cm³/mol. The van der Waals surface area contributed by atoms with Gasteiger partial charge in [-0.2, -0.15) is 0 Å². The number of piperidine rings is 1. The monoisotopic (exact) mass is 406 g/mol. The Morgan fingerprint density at radius 3 is 3.07 bits per heavy atom. The van der Waals surface area contributed by atoms with Gasteiger partial charge in [-0.25, -0.2) is 19.9 Å². The van der Waals surface area contributed by atoms with E-state index in [9.17, 15) is 5.11 Å². The van der Waals surface area contributed by atoms with Gasteiger partial charge in [-0.15, -0.1) is 0 Å². The van der Waals surface area contributed by atoms with Crippen molar-refractivity contribution in [1.29, 1.82) is 0 Å². The molecule has 4 aromatic rings. The van der Waals surface area contributed by atoms with Crippen LogP contribution in [0.4, 0.5) is 5.82 Å². The number of anilines is 1. The van der Waals surface area contributed by atoms with E-state index in [1.807, 2.05) is 6.07 Å². The largest absolute Gasteiger partial charge is 0.395 e. The van der Waals surface area contributed by atoms with Gasteiger partial charge in [-0.3, -0.25) is 4.90 Å².